The topological polar surface area (TPSA) is 38.0 Å². The van der Waals surface area contributed by atoms with Crippen molar-refractivity contribution < 1.29 is 4.39 Å². The molecule has 0 amide bonds. The predicted molar refractivity (Wildman–Crippen MR) is 79.3 cm³/mol. The Morgan fingerprint density at radius 1 is 1.21 bits per heavy atom. The third kappa shape index (κ3) is 3.76. The molecular formula is C14H13BrClFN2. The summed E-state index contributed by atoms with van der Waals surface area (Å²) >= 11 is 9.57. The molecule has 0 saturated carbocycles. The summed E-state index contributed by atoms with van der Waals surface area (Å²) in [7, 11) is 0. The van der Waals surface area contributed by atoms with Gasteiger partial charge in [0.1, 0.15) is 5.82 Å². The number of nitrogens with one attached hydrogen (secondary N) is 1. The van der Waals surface area contributed by atoms with Crippen LogP contribution in [0.1, 0.15) is 17.2 Å². The van der Waals surface area contributed by atoms with E-state index in [0.29, 0.717) is 11.4 Å². The molecule has 0 aromatic heterocycles. The van der Waals surface area contributed by atoms with E-state index in [9.17, 15) is 4.39 Å². The molecule has 0 fully saturated rings. The first-order valence-corrected chi connectivity index (χ1v) is 6.93. The minimum atomic E-state index is -0.248. The van der Waals surface area contributed by atoms with E-state index in [1.165, 1.54) is 12.1 Å². The normalized spacial score (nSPS) is 12.4. The summed E-state index contributed by atoms with van der Waals surface area (Å²) in [6.07, 6.45) is 0.637. The van der Waals surface area contributed by atoms with Gasteiger partial charge in [-0.25, -0.2) is 4.39 Å². The molecule has 0 saturated heterocycles. The zero-order chi connectivity index (χ0) is 13.8. The first kappa shape index (κ1) is 14.5. The van der Waals surface area contributed by atoms with E-state index >= 15 is 0 Å². The van der Waals surface area contributed by atoms with Crippen LogP contribution < -0.4 is 11.3 Å². The summed E-state index contributed by atoms with van der Waals surface area (Å²) in [6.45, 7) is 0. The molecule has 1 unspecified atom stereocenters. The van der Waals surface area contributed by atoms with Crippen molar-refractivity contribution in [3.63, 3.8) is 0 Å². The number of hydrogen-bond acceptors (Lipinski definition) is 2. The third-order valence-corrected chi connectivity index (χ3v) is 3.71. The van der Waals surface area contributed by atoms with Crippen molar-refractivity contribution >= 4 is 27.5 Å². The molecule has 0 bridgehead atoms. The van der Waals surface area contributed by atoms with Crippen molar-refractivity contribution in [1.82, 2.24) is 5.43 Å². The van der Waals surface area contributed by atoms with Gasteiger partial charge in [-0.3, -0.25) is 11.3 Å². The second kappa shape index (κ2) is 6.48. The fourth-order valence-electron chi connectivity index (χ4n) is 1.90. The average molecular weight is 344 g/mol. The van der Waals surface area contributed by atoms with Crippen molar-refractivity contribution in [3.8, 4) is 0 Å². The third-order valence-electron chi connectivity index (χ3n) is 2.89. The van der Waals surface area contributed by atoms with Gasteiger partial charge in [0.05, 0.1) is 6.04 Å². The molecule has 1 atom stereocenters. The quantitative estimate of drug-likeness (QED) is 0.651. The molecule has 0 radical (unpaired) electrons. The summed E-state index contributed by atoms with van der Waals surface area (Å²) in [5.41, 5.74) is 4.65. The zero-order valence-corrected chi connectivity index (χ0v) is 12.4. The van der Waals surface area contributed by atoms with E-state index in [-0.39, 0.29) is 11.9 Å². The van der Waals surface area contributed by atoms with Crippen LogP contribution in [0.15, 0.2) is 46.9 Å². The van der Waals surface area contributed by atoms with Crippen LogP contribution in [0.4, 0.5) is 4.39 Å². The van der Waals surface area contributed by atoms with Crippen molar-refractivity contribution in [3.05, 3.63) is 68.9 Å². The van der Waals surface area contributed by atoms with Gasteiger partial charge >= 0.3 is 0 Å². The molecule has 100 valence electrons. The molecule has 0 aliphatic rings. The summed E-state index contributed by atoms with van der Waals surface area (Å²) in [5.74, 6) is 5.35. The average Bonchev–Trinajstić information content (AvgIpc) is 2.39. The van der Waals surface area contributed by atoms with Crippen LogP contribution in [0.25, 0.3) is 0 Å². The molecule has 19 heavy (non-hydrogen) atoms. The van der Waals surface area contributed by atoms with Crippen LogP contribution in [-0.4, -0.2) is 0 Å². The Balaban J connectivity index is 2.22. The Morgan fingerprint density at radius 3 is 2.47 bits per heavy atom. The number of nitrogens with two attached hydrogens (primary N) is 1. The van der Waals surface area contributed by atoms with Gasteiger partial charge in [-0.1, -0.05) is 45.7 Å². The lowest BCUT2D eigenvalue weighted by Gasteiger charge is -2.18. The van der Waals surface area contributed by atoms with E-state index in [4.69, 9.17) is 17.4 Å². The molecule has 0 aliphatic carbocycles. The maximum atomic E-state index is 12.9. The van der Waals surface area contributed by atoms with Gasteiger partial charge in [-0.15, -0.1) is 0 Å². The van der Waals surface area contributed by atoms with Crippen molar-refractivity contribution in [2.75, 3.05) is 0 Å². The highest BCUT2D eigenvalue weighted by atomic mass is 79.9. The van der Waals surface area contributed by atoms with Crippen LogP contribution in [0.3, 0.4) is 0 Å². The SMILES string of the molecule is NNC(Cc1ccc(F)cc1)c1ccc(Br)cc1Cl. The molecule has 0 heterocycles. The van der Waals surface area contributed by atoms with Crippen LogP contribution in [0, 0.1) is 5.82 Å². The number of benzene rings is 2. The van der Waals surface area contributed by atoms with Crippen molar-refractivity contribution in [2.24, 2.45) is 5.84 Å². The highest BCUT2D eigenvalue weighted by Gasteiger charge is 2.14. The second-order valence-corrected chi connectivity index (χ2v) is 5.54. The molecule has 2 nitrogen and oxygen atoms in total. The predicted octanol–water partition coefficient (Wildman–Crippen LogP) is 3.99. The monoisotopic (exact) mass is 342 g/mol. The van der Waals surface area contributed by atoms with E-state index in [2.05, 4.69) is 21.4 Å². The Labute approximate surface area is 124 Å². The van der Waals surface area contributed by atoms with Gasteiger partial charge in [0, 0.05) is 9.50 Å². The first-order chi connectivity index (χ1) is 9.10. The zero-order valence-electron chi connectivity index (χ0n) is 10.0. The molecule has 2 rings (SSSR count). The Morgan fingerprint density at radius 2 is 1.89 bits per heavy atom. The van der Waals surface area contributed by atoms with Crippen LogP contribution in [0.2, 0.25) is 5.02 Å². The lowest BCUT2D eigenvalue weighted by atomic mass is 9.99. The molecule has 0 spiro atoms. The summed E-state index contributed by atoms with van der Waals surface area (Å²) in [5, 5.41) is 0.638. The van der Waals surface area contributed by atoms with E-state index in [0.717, 1.165) is 15.6 Å². The first-order valence-electron chi connectivity index (χ1n) is 5.75. The van der Waals surface area contributed by atoms with Gasteiger partial charge in [-0.05, 0) is 41.8 Å². The molecule has 3 N–H and O–H groups in total. The number of rotatable bonds is 4. The molecule has 0 aliphatic heterocycles. The van der Waals surface area contributed by atoms with E-state index < -0.39 is 0 Å². The Kier molecular flexibility index (Phi) is 4.93. The van der Waals surface area contributed by atoms with E-state index in [1.807, 2.05) is 18.2 Å². The van der Waals surface area contributed by atoms with Gasteiger partial charge in [0.2, 0.25) is 0 Å². The summed E-state index contributed by atoms with van der Waals surface area (Å²) in [6, 6.07) is 11.9. The smallest absolute Gasteiger partial charge is 0.123 e. The maximum Gasteiger partial charge on any atom is 0.123 e. The van der Waals surface area contributed by atoms with E-state index in [1.54, 1.807) is 12.1 Å². The van der Waals surface area contributed by atoms with Crippen LogP contribution in [0.5, 0.6) is 0 Å². The lowest BCUT2D eigenvalue weighted by molar-refractivity contribution is 0.551. The van der Waals surface area contributed by atoms with Crippen molar-refractivity contribution in [1.29, 1.82) is 0 Å². The fourth-order valence-corrected chi connectivity index (χ4v) is 2.70. The lowest BCUT2D eigenvalue weighted by Crippen LogP contribution is -2.29. The highest BCUT2D eigenvalue weighted by Crippen LogP contribution is 2.28. The van der Waals surface area contributed by atoms with Crippen LogP contribution >= 0.6 is 27.5 Å². The Hall–Kier alpha value is -0.940. The standard InChI is InChI=1S/C14H13BrClFN2/c15-10-3-6-12(13(16)8-10)14(19-18)7-9-1-4-11(17)5-2-9/h1-6,8,14,19H,7,18H2. The summed E-state index contributed by atoms with van der Waals surface area (Å²) in [4.78, 5) is 0. The molecule has 5 heteroatoms. The van der Waals surface area contributed by atoms with Gasteiger partial charge in [0.15, 0.2) is 0 Å². The van der Waals surface area contributed by atoms with Crippen molar-refractivity contribution in [2.45, 2.75) is 12.5 Å². The number of hydrazine groups is 1. The van der Waals surface area contributed by atoms with Gasteiger partial charge in [-0.2, -0.15) is 0 Å². The van der Waals surface area contributed by atoms with Crippen LogP contribution in [-0.2, 0) is 6.42 Å². The minimum Gasteiger partial charge on any atom is -0.271 e. The van der Waals surface area contributed by atoms with Gasteiger partial charge < -0.3 is 0 Å². The number of hydrogen-bond donors (Lipinski definition) is 2. The molecule has 2 aromatic rings. The molecule has 2 aromatic carbocycles. The second-order valence-electron chi connectivity index (χ2n) is 4.22. The van der Waals surface area contributed by atoms with Gasteiger partial charge in [0.25, 0.3) is 0 Å². The highest BCUT2D eigenvalue weighted by molar-refractivity contribution is 9.10. The number of halogens is 3. The summed E-state index contributed by atoms with van der Waals surface area (Å²) < 4.78 is 13.8. The largest absolute Gasteiger partial charge is 0.271 e. The Bertz CT molecular complexity index is 560. The maximum absolute atomic E-state index is 12.9. The molecular weight excluding hydrogens is 331 g/mol. The minimum absolute atomic E-state index is 0.119. The fraction of sp³-hybridized carbons (Fsp3) is 0.143.